The van der Waals surface area contributed by atoms with Crippen molar-refractivity contribution < 1.29 is 13.2 Å². The second-order valence-corrected chi connectivity index (χ2v) is 11.4. The Morgan fingerprint density at radius 1 is 0.917 bits per heavy atom. The minimum absolute atomic E-state index is 0.198. The molecule has 2 heterocycles. The Morgan fingerprint density at radius 2 is 1.69 bits per heavy atom. The molecule has 7 nitrogen and oxygen atoms in total. The van der Waals surface area contributed by atoms with E-state index in [9.17, 15) is 8.42 Å². The molecular formula is C28H32N4O3S. The molecule has 8 heteroatoms. The molecule has 0 radical (unpaired) electrons. The van der Waals surface area contributed by atoms with E-state index in [2.05, 4.69) is 14.9 Å². The number of benzene rings is 2. The van der Waals surface area contributed by atoms with E-state index < -0.39 is 9.84 Å². The Bertz CT molecular complexity index is 1380. The van der Waals surface area contributed by atoms with E-state index in [1.165, 1.54) is 6.26 Å². The first kappa shape index (κ1) is 25.7. The number of nitrogens with zero attached hydrogens (tertiary/aromatic N) is 4. The standard InChI is InChI=1S/C28H32N4O3S/c1-32(16-17-36(2,33)34)15-7-6-10-25-18-24-19-30-28(31-27(24)20-29-25)23-11-13-26(14-12-23)35-21-22-8-4-3-5-9-22/h3-5,8-9,11-14,18-20H,6-7,10,15-17,21H2,1-2H3. The Kier molecular flexibility index (Phi) is 8.61. The average Bonchev–Trinajstić information content (AvgIpc) is 2.89. The van der Waals surface area contributed by atoms with Crippen LogP contribution in [0.25, 0.3) is 22.3 Å². The third-order valence-corrected chi connectivity index (χ3v) is 6.87. The van der Waals surface area contributed by atoms with E-state index in [0.717, 1.165) is 59.3 Å². The van der Waals surface area contributed by atoms with Gasteiger partial charge in [-0.15, -0.1) is 0 Å². The first-order chi connectivity index (χ1) is 17.4. The molecule has 0 spiro atoms. The lowest BCUT2D eigenvalue weighted by molar-refractivity contribution is 0.306. The first-order valence-electron chi connectivity index (χ1n) is 12.1. The number of aromatic nitrogens is 3. The summed E-state index contributed by atoms with van der Waals surface area (Å²) in [7, 11) is -0.960. The van der Waals surface area contributed by atoms with Crippen molar-refractivity contribution in [2.45, 2.75) is 25.9 Å². The summed E-state index contributed by atoms with van der Waals surface area (Å²) in [4.78, 5) is 15.9. The highest BCUT2D eigenvalue weighted by atomic mass is 32.2. The van der Waals surface area contributed by atoms with Crippen molar-refractivity contribution in [1.82, 2.24) is 19.9 Å². The van der Waals surface area contributed by atoms with Gasteiger partial charge in [0.25, 0.3) is 0 Å². The lowest BCUT2D eigenvalue weighted by Gasteiger charge is -2.15. The molecule has 0 N–H and O–H groups in total. The van der Waals surface area contributed by atoms with Gasteiger partial charge in [0.05, 0.1) is 17.5 Å². The fourth-order valence-electron chi connectivity index (χ4n) is 3.82. The van der Waals surface area contributed by atoms with Gasteiger partial charge in [0, 0.05) is 35.6 Å². The van der Waals surface area contributed by atoms with Gasteiger partial charge in [0.1, 0.15) is 22.2 Å². The maximum absolute atomic E-state index is 11.3. The molecule has 0 aliphatic rings. The van der Waals surface area contributed by atoms with Crippen molar-refractivity contribution >= 4 is 20.7 Å². The summed E-state index contributed by atoms with van der Waals surface area (Å²) < 4.78 is 28.5. The van der Waals surface area contributed by atoms with Gasteiger partial charge in [-0.1, -0.05) is 30.3 Å². The number of ether oxygens (including phenoxy) is 1. The Labute approximate surface area is 213 Å². The van der Waals surface area contributed by atoms with Crippen molar-refractivity contribution in [3.8, 4) is 17.1 Å². The second kappa shape index (κ2) is 12.1. The molecule has 0 atom stereocenters. The molecule has 0 saturated heterocycles. The van der Waals surface area contributed by atoms with E-state index in [0.29, 0.717) is 19.0 Å². The number of aryl methyl sites for hydroxylation is 1. The summed E-state index contributed by atoms with van der Waals surface area (Å²) in [6.45, 7) is 1.96. The van der Waals surface area contributed by atoms with Gasteiger partial charge in [-0.25, -0.2) is 18.4 Å². The maximum Gasteiger partial charge on any atom is 0.159 e. The highest BCUT2D eigenvalue weighted by Crippen LogP contribution is 2.22. The lowest BCUT2D eigenvalue weighted by Crippen LogP contribution is -2.26. The number of hydrogen-bond donors (Lipinski definition) is 0. The van der Waals surface area contributed by atoms with Crippen LogP contribution in [0.1, 0.15) is 24.1 Å². The molecular weight excluding hydrogens is 472 g/mol. The fourth-order valence-corrected chi connectivity index (χ4v) is 4.46. The third kappa shape index (κ3) is 7.83. The topological polar surface area (TPSA) is 85.3 Å². The molecule has 0 amide bonds. The van der Waals surface area contributed by atoms with Crippen LogP contribution in [0.4, 0.5) is 0 Å². The fraction of sp³-hybridized carbons (Fsp3) is 0.321. The number of pyridine rings is 1. The molecule has 0 aliphatic heterocycles. The molecule has 188 valence electrons. The number of fused-ring (bicyclic) bond motifs is 1. The summed E-state index contributed by atoms with van der Waals surface area (Å²) in [5, 5.41) is 0.969. The normalized spacial score (nSPS) is 11.8. The Hall–Kier alpha value is -3.36. The van der Waals surface area contributed by atoms with Crippen molar-refractivity contribution in [1.29, 1.82) is 0 Å². The van der Waals surface area contributed by atoms with Crippen LogP contribution in [-0.4, -0.2) is 60.4 Å². The van der Waals surface area contributed by atoms with Crippen molar-refractivity contribution in [2.24, 2.45) is 0 Å². The molecule has 0 unspecified atom stereocenters. The van der Waals surface area contributed by atoms with Gasteiger partial charge >= 0.3 is 0 Å². The summed E-state index contributed by atoms with van der Waals surface area (Å²) in [5.41, 5.74) is 3.88. The maximum atomic E-state index is 11.3. The van der Waals surface area contributed by atoms with Crippen molar-refractivity contribution in [3.05, 3.63) is 84.3 Å². The minimum Gasteiger partial charge on any atom is -0.489 e. The van der Waals surface area contributed by atoms with Crippen LogP contribution in [0.3, 0.4) is 0 Å². The third-order valence-electron chi connectivity index (χ3n) is 5.95. The Balaban J connectivity index is 1.30. The zero-order valence-electron chi connectivity index (χ0n) is 20.8. The summed E-state index contributed by atoms with van der Waals surface area (Å²) in [6.07, 6.45) is 7.77. The predicted molar refractivity (Wildman–Crippen MR) is 144 cm³/mol. The molecule has 36 heavy (non-hydrogen) atoms. The van der Waals surface area contributed by atoms with Gasteiger partial charge in [-0.3, -0.25) is 4.98 Å². The average molecular weight is 505 g/mol. The Morgan fingerprint density at radius 3 is 2.44 bits per heavy atom. The van der Waals surface area contributed by atoms with E-state index in [1.807, 2.05) is 80.1 Å². The molecule has 2 aromatic carbocycles. The van der Waals surface area contributed by atoms with E-state index >= 15 is 0 Å². The van der Waals surface area contributed by atoms with Gasteiger partial charge in [-0.2, -0.15) is 0 Å². The van der Waals surface area contributed by atoms with Crippen LogP contribution in [0.15, 0.2) is 73.1 Å². The SMILES string of the molecule is CN(CCCCc1cc2cnc(-c3ccc(OCc4ccccc4)cc3)nc2cn1)CCS(C)(=O)=O. The predicted octanol–water partition coefficient (Wildman–Crippen LogP) is 4.57. The van der Waals surface area contributed by atoms with Crippen molar-refractivity contribution in [2.75, 3.05) is 32.1 Å². The van der Waals surface area contributed by atoms with Crippen LogP contribution in [-0.2, 0) is 22.9 Å². The quantitative estimate of drug-likeness (QED) is 0.261. The van der Waals surface area contributed by atoms with E-state index in [1.54, 1.807) is 0 Å². The number of sulfone groups is 1. The molecule has 2 aromatic heterocycles. The number of hydrogen-bond acceptors (Lipinski definition) is 7. The molecule has 0 fully saturated rings. The van der Waals surface area contributed by atoms with Crippen molar-refractivity contribution in [3.63, 3.8) is 0 Å². The van der Waals surface area contributed by atoms with Crippen LogP contribution in [0.5, 0.6) is 5.75 Å². The number of rotatable bonds is 12. The van der Waals surface area contributed by atoms with Gasteiger partial charge in [-0.05, 0) is 68.8 Å². The molecule has 4 rings (SSSR count). The monoisotopic (exact) mass is 504 g/mol. The van der Waals surface area contributed by atoms with Gasteiger partial charge < -0.3 is 9.64 Å². The number of unbranched alkanes of at least 4 members (excludes halogenated alkanes) is 1. The largest absolute Gasteiger partial charge is 0.489 e. The lowest BCUT2D eigenvalue weighted by atomic mass is 10.1. The summed E-state index contributed by atoms with van der Waals surface area (Å²) in [5.74, 6) is 1.66. The first-order valence-corrected chi connectivity index (χ1v) is 14.2. The smallest absolute Gasteiger partial charge is 0.159 e. The zero-order chi connectivity index (χ0) is 25.4. The zero-order valence-corrected chi connectivity index (χ0v) is 21.6. The van der Waals surface area contributed by atoms with Crippen LogP contribution < -0.4 is 4.74 Å². The second-order valence-electron chi connectivity index (χ2n) is 9.12. The van der Waals surface area contributed by atoms with Gasteiger partial charge in [0.2, 0.25) is 0 Å². The molecule has 4 aromatic rings. The molecule has 0 aliphatic carbocycles. The molecule has 0 saturated carbocycles. The molecule has 0 bridgehead atoms. The van der Waals surface area contributed by atoms with E-state index in [4.69, 9.17) is 9.72 Å². The minimum atomic E-state index is -2.92. The summed E-state index contributed by atoms with van der Waals surface area (Å²) >= 11 is 0. The highest BCUT2D eigenvalue weighted by Gasteiger charge is 2.08. The van der Waals surface area contributed by atoms with Crippen LogP contribution in [0, 0.1) is 0 Å². The van der Waals surface area contributed by atoms with Crippen LogP contribution in [0.2, 0.25) is 0 Å². The van der Waals surface area contributed by atoms with Crippen LogP contribution >= 0.6 is 0 Å². The summed E-state index contributed by atoms with van der Waals surface area (Å²) in [6, 6.07) is 19.9. The van der Waals surface area contributed by atoms with Gasteiger partial charge in [0.15, 0.2) is 5.82 Å². The highest BCUT2D eigenvalue weighted by molar-refractivity contribution is 7.90. The van der Waals surface area contributed by atoms with E-state index in [-0.39, 0.29) is 5.75 Å².